The lowest BCUT2D eigenvalue weighted by Crippen LogP contribution is -2.37. The third-order valence-electron chi connectivity index (χ3n) is 4.79. The Bertz CT molecular complexity index is 990. The molecule has 1 aromatic heterocycles. The van der Waals surface area contributed by atoms with E-state index >= 15 is 0 Å². The lowest BCUT2D eigenvalue weighted by atomic mass is 10.0. The first kappa shape index (κ1) is 19.6. The van der Waals surface area contributed by atoms with E-state index in [1.165, 1.54) is 0 Å². The number of hydrogen-bond acceptors (Lipinski definition) is 3. The summed E-state index contributed by atoms with van der Waals surface area (Å²) >= 11 is 0. The van der Waals surface area contributed by atoms with Crippen LogP contribution in [-0.2, 0) is 16.6 Å². The van der Waals surface area contributed by atoms with Crippen LogP contribution in [0.15, 0.2) is 54.7 Å². The molecule has 28 heavy (non-hydrogen) atoms. The fourth-order valence-corrected chi connectivity index (χ4v) is 3.03. The first-order valence-electron chi connectivity index (χ1n) is 9.27. The minimum Gasteiger partial charge on any atom is -0.387 e. The van der Waals surface area contributed by atoms with Gasteiger partial charge in [-0.05, 0) is 52.8 Å². The van der Waals surface area contributed by atoms with Gasteiger partial charge in [0.2, 0.25) is 0 Å². The molecule has 0 aliphatic heterocycles. The van der Waals surface area contributed by atoms with Crippen LogP contribution < -0.4 is 10.6 Å². The molecule has 3 N–H and O–H groups in total. The maximum Gasteiger partial charge on any atom is 0.313 e. The Morgan fingerprint density at radius 1 is 1.00 bits per heavy atom. The maximum atomic E-state index is 12.1. The topological polar surface area (TPSA) is 83.4 Å². The van der Waals surface area contributed by atoms with Crippen molar-refractivity contribution in [3.05, 3.63) is 65.9 Å². The van der Waals surface area contributed by atoms with Gasteiger partial charge in [0.05, 0.1) is 6.10 Å². The molecule has 0 aliphatic rings. The molecule has 0 bridgehead atoms. The van der Waals surface area contributed by atoms with Crippen LogP contribution in [0.4, 0.5) is 5.69 Å². The summed E-state index contributed by atoms with van der Waals surface area (Å²) < 4.78 is 1.99. The van der Waals surface area contributed by atoms with Crippen LogP contribution in [0.25, 0.3) is 10.9 Å². The summed E-state index contributed by atoms with van der Waals surface area (Å²) in [5, 5.41) is 16.4. The number of aliphatic hydroxyl groups is 1. The van der Waals surface area contributed by atoms with E-state index in [1.54, 1.807) is 12.1 Å². The van der Waals surface area contributed by atoms with E-state index in [4.69, 9.17) is 0 Å². The quantitative estimate of drug-likeness (QED) is 0.596. The summed E-state index contributed by atoms with van der Waals surface area (Å²) in [4.78, 5) is 24.1. The van der Waals surface area contributed by atoms with Crippen LogP contribution in [0.1, 0.15) is 37.0 Å². The smallest absolute Gasteiger partial charge is 0.313 e. The zero-order valence-corrected chi connectivity index (χ0v) is 16.3. The van der Waals surface area contributed by atoms with Gasteiger partial charge in [-0.2, -0.15) is 0 Å². The molecular formula is C22H25N3O3. The largest absolute Gasteiger partial charge is 0.387 e. The van der Waals surface area contributed by atoms with Gasteiger partial charge in [-0.1, -0.05) is 32.0 Å². The Morgan fingerprint density at radius 2 is 1.68 bits per heavy atom. The average molecular weight is 379 g/mol. The molecule has 1 atom stereocenters. The molecule has 0 saturated carbocycles. The Labute approximate surface area is 164 Å². The van der Waals surface area contributed by atoms with Crippen LogP contribution in [0.3, 0.4) is 0 Å². The molecule has 0 aliphatic carbocycles. The van der Waals surface area contributed by atoms with Gasteiger partial charge in [-0.15, -0.1) is 0 Å². The fourth-order valence-electron chi connectivity index (χ4n) is 3.03. The second kappa shape index (κ2) is 8.27. The first-order chi connectivity index (χ1) is 13.3. The number of carbonyl (C=O) groups is 2. The van der Waals surface area contributed by atoms with Crippen molar-refractivity contribution in [2.24, 2.45) is 7.05 Å². The number of nitrogens with one attached hydrogen (secondary N) is 2. The molecule has 1 unspecified atom stereocenters. The third kappa shape index (κ3) is 4.40. The van der Waals surface area contributed by atoms with E-state index in [9.17, 15) is 14.7 Å². The summed E-state index contributed by atoms with van der Waals surface area (Å²) in [7, 11) is 1.95. The Kier molecular flexibility index (Phi) is 5.80. The molecule has 1 heterocycles. The van der Waals surface area contributed by atoms with Crippen molar-refractivity contribution in [1.82, 2.24) is 9.88 Å². The fraction of sp³-hybridized carbons (Fsp3) is 0.273. The molecule has 0 spiro atoms. The SMILES string of the molecule is CC(C)c1ccc(NC(=O)C(=O)NCC(O)c2ccc3c(ccn3C)c2)cc1. The standard InChI is InChI=1S/C22H25N3O3/c1-14(2)15-4-7-18(8-5-15)24-22(28)21(27)23-13-20(26)17-6-9-19-16(12-17)10-11-25(19)3/h4-12,14,20,26H,13H2,1-3H3,(H,23,27)(H,24,28). The number of aryl methyl sites for hydroxylation is 1. The number of fused-ring (bicyclic) bond motifs is 1. The number of amides is 2. The number of rotatable bonds is 5. The van der Waals surface area contributed by atoms with Gasteiger partial charge < -0.3 is 20.3 Å². The first-order valence-corrected chi connectivity index (χ1v) is 9.27. The molecule has 6 heteroatoms. The van der Waals surface area contributed by atoms with E-state index in [0.29, 0.717) is 17.2 Å². The van der Waals surface area contributed by atoms with Crippen molar-refractivity contribution in [3.8, 4) is 0 Å². The van der Waals surface area contributed by atoms with Crippen LogP contribution in [0.5, 0.6) is 0 Å². The molecule has 0 fully saturated rings. The van der Waals surface area contributed by atoms with Crippen molar-refractivity contribution in [2.75, 3.05) is 11.9 Å². The van der Waals surface area contributed by atoms with Gasteiger partial charge in [0.1, 0.15) is 0 Å². The molecule has 6 nitrogen and oxygen atoms in total. The Hall–Kier alpha value is -3.12. The highest BCUT2D eigenvalue weighted by Gasteiger charge is 2.16. The molecule has 2 aromatic carbocycles. The van der Waals surface area contributed by atoms with Crippen LogP contribution >= 0.6 is 0 Å². The van der Waals surface area contributed by atoms with Crippen molar-refractivity contribution >= 4 is 28.4 Å². The molecule has 3 aromatic rings. The highest BCUT2D eigenvalue weighted by atomic mass is 16.3. The number of hydrogen-bond donors (Lipinski definition) is 3. The molecular weight excluding hydrogens is 354 g/mol. The molecule has 146 valence electrons. The number of carbonyl (C=O) groups excluding carboxylic acids is 2. The average Bonchev–Trinajstić information content (AvgIpc) is 3.06. The maximum absolute atomic E-state index is 12.1. The predicted molar refractivity (Wildman–Crippen MR) is 110 cm³/mol. The minimum atomic E-state index is -0.897. The number of nitrogens with zero attached hydrogens (tertiary/aromatic N) is 1. The van der Waals surface area contributed by atoms with E-state index in [-0.39, 0.29) is 6.54 Å². The zero-order chi connectivity index (χ0) is 20.3. The van der Waals surface area contributed by atoms with Crippen LogP contribution in [0.2, 0.25) is 0 Å². The summed E-state index contributed by atoms with van der Waals surface area (Å²) in [6.07, 6.45) is 1.05. The van der Waals surface area contributed by atoms with Crippen LogP contribution in [-0.4, -0.2) is 28.0 Å². The molecule has 3 rings (SSSR count). The number of anilines is 1. The highest BCUT2D eigenvalue weighted by molar-refractivity contribution is 6.39. The lowest BCUT2D eigenvalue weighted by Gasteiger charge is -2.13. The summed E-state index contributed by atoms with van der Waals surface area (Å²) in [5.74, 6) is -1.15. The van der Waals surface area contributed by atoms with E-state index in [2.05, 4.69) is 24.5 Å². The van der Waals surface area contributed by atoms with E-state index in [0.717, 1.165) is 16.5 Å². The van der Waals surface area contributed by atoms with Gasteiger partial charge in [0.25, 0.3) is 0 Å². The zero-order valence-electron chi connectivity index (χ0n) is 16.3. The number of aliphatic hydroxyl groups excluding tert-OH is 1. The summed E-state index contributed by atoms with van der Waals surface area (Å²) in [6.45, 7) is 4.13. The molecule has 0 radical (unpaired) electrons. The normalized spacial score (nSPS) is 12.2. The second-order valence-corrected chi connectivity index (χ2v) is 7.20. The number of benzene rings is 2. The second-order valence-electron chi connectivity index (χ2n) is 7.20. The molecule has 2 amide bonds. The monoisotopic (exact) mass is 379 g/mol. The van der Waals surface area contributed by atoms with E-state index in [1.807, 2.05) is 54.2 Å². The number of aromatic nitrogens is 1. The van der Waals surface area contributed by atoms with Crippen molar-refractivity contribution in [2.45, 2.75) is 25.9 Å². The highest BCUT2D eigenvalue weighted by Crippen LogP contribution is 2.21. The Morgan fingerprint density at radius 3 is 2.36 bits per heavy atom. The van der Waals surface area contributed by atoms with Crippen molar-refractivity contribution in [3.63, 3.8) is 0 Å². The predicted octanol–water partition coefficient (Wildman–Crippen LogP) is 3.09. The van der Waals surface area contributed by atoms with Gasteiger partial charge in [-0.3, -0.25) is 9.59 Å². The van der Waals surface area contributed by atoms with Gasteiger partial charge in [0.15, 0.2) is 0 Å². The van der Waals surface area contributed by atoms with Crippen LogP contribution in [0, 0.1) is 0 Å². The van der Waals surface area contributed by atoms with Gasteiger partial charge >= 0.3 is 11.8 Å². The Balaban J connectivity index is 1.55. The van der Waals surface area contributed by atoms with Crippen molar-refractivity contribution in [1.29, 1.82) is 0 Å². The summed E-state index contributed by atoms with van der Waals surface area (Å²) in [5.41, 5.74) is 3.45. The summed E-state index contributed by atoms with van der Waals surface area (Å²) in [6, 6.07) is 14.9. The molecule has 0 saturated heterocycles. The van der Waals surface area contributed by atoms with E-state index < -0.39 is 17.9 Å². The third-order valence-corrected chi connectivity index (χ3v) is 4.79. The van der Waals surface area contributed by atoms with Gasteiger partial charge in [0, 0.05) is 31.0 Å². The van der Waals surface area contributed by atoms with Gasteiger partial charge in [-0.25, -0.2) is 0 Å². The minimum absolute atomic E-state index is 0.0448. The van der Waals surface area contributed by atoms with Crippen molar-refractivity contribution < 1.29 is 14.7 Å². The lowest BCUT2D eigenvalue weighted by molar-refractivity contribution is -0.136.